The molecule has 5 heteroatoms. The Bertz CT molecular complexity index is 426. The van der Waals surface area contributed by atoms with E-state index < -0.39 is 0 Å². The number of rotatable bonds is 4. The standard InChI is InChI=1S/C14H27N5/c1-11-13(7-8-15)14(19(4)16-11)18(3)12-6-5-9-17(2)10-12/h12H,5-10,15H2,1-4H3. The Morgan fingerprint density at radius 2 is 2.16 bits per heavy atom. The minimum absolute atomic E-state index is 0.574. The van der Waals surface area contributed by atoms with Crippen LogP contribution >= 0.6 is 0 Å². The highest BCUT2D eigenvalue weighted by Crippen LogP contribution is 2.26. The summed E-state index contributed by atoms with van der Waals surface area (Å²) in [4.78, 5) is 4.82. The van der Waals surface area contributed by atoms with Crippen LogP contribution in [0.5, 0.6) is 0 Å². The number of nitrogens with zero attached hydrogens (tertiary/aromatic N) is 4. The van der Waals surface area contributed by atoms with Crippen molar-refractivity contribution in [3.05, 3.63) is 11.3 Å². The maximum absolute atomic E-state index is 5.74. The summed E-state index contributed by atoms with van der Waals surface area (Å²) < 4.78 is 2.01. The summed E-state index contributed by atoms with van der Waals surface area (Å²) in [5.74, 6) is 1.24. The Morgan fingerprint density at radius 1 is 1.42 bits per heavy atom. The second kappa shape index (κ2) is 5.92. The first kappa shape index (κ1) is 14.3. The average Bonchev–Trinajstić information content (AvgIpc) is 2.64. The Kier molecular flexibility index (Phi) is 4.47. The van der Waals surface area contributed by atoms with E-state index in [0.717, 1.165) is 18.7 Å². The van der Waals surface area contributed by atoms with Gasteiger partial charge >= 0.3 is 0 Å². The van der Waals surface area contributed by atoms with E-state index in [1.165, 1.54) is 30.8 Å². The molecule has 2 N–H and O–H groups in total. The van der Waals surface area contributed by atoms with Gasteiger partial charge in [-0.25, -0.2) is 0 Å². The van der Waals surface area contributed by atoms with E-state index in [2.05, 4.69) is 35.9 Å². The molecule has 108 valence electrons. The summed E-state index contributed by atoms with van der Waals surface area (Å²) >= 11 is 0. The van der Waals surface area contributed by atoms with Crippen LogP contribution in [0.15, 0.2) is 0 Å². The van der Waals surface area contributed by atoms with Crippen LogP contribution < -0.4 is 10.6 Å². The van der Waals surface area contributed by atoms with Gasteiger partial charge in [-0.1, -0.05) is 0 Å². The van der Waals surface area contributed by atoms with E-state index in [9.17, 15) is 0 Å². The normalized spacial score (nSPS) is 20.8. The highest BCUT2D eigenvalue weighted by atomic mass is 15.4. The molecule has 0 saturated carbocycles. The van der Waals surface area contributed by atoms with Crippen molar-refractivity contribution in [1.82, 2.24) is 14.7 Å². The molecule has 1 atom stereocenters. The highest BCUT2D eigenvalue weighted by molar-refractivity contribution is 5.50. The molecular formula is C14H27N5. The van der Waals surface area contributed by atoms with Gasteiger partial charge in [0, 0.05) is 32.2 Å². The number of hydrogen-bond acceptors (Lipinski definition) is 4. The molecule has 0 aromatic carbocycles. The number of nitrogens with two attached hydrogens (primary N) is 1. The lowest BCUT2D eigenvalue weighted by Crippen LogP contribution is -2.45. The molecule has 2 rings (SSSR count). The topological polar surface area (TPSA) is 50.3 Å². The zero-order valence-corrected chi connectivity index (χ0v) is 12.7. The van der Waals surface area contributed by atoms with Crippen molar-refractivity contribution in [2.24, 2.45) is 12.8 Å². The number of likely N-dealkylation sites (N-methyl/N-ethyl adjacent to an activating group) is 2. The molecule has 0 aliphatic carbocycles. The third-order valence-corrected chi connectivity index (χ3v) is 4.19. The lowest BCUT2D eigenvalue weighted by atomic mass is 10.0. The van der Waals surface area contributed by atoms with E-state index in [1.807, 2.05) is 11.7 Å². The predicted molar refractivity (Wildman–Crippen MR) is 79.6 cm³/mol. The lowest BCUT2D eigenvalue weighted by molar-refractivity contribution is 0.247. The summed E-state index contributed by atoms with van der Waals surface area (Å²) in [7, 11) is 6.43. The van der Waals surface area contributed by atoms with Gasteiger partial charge in [-0.05, 0) is 46.3 Å². The zero-order valence-electron chi connectivity index (χ0n) is 12.7. The van der Waals surface area contributed by atoms with Crippen molar-refractivity contribution in [3.63, 3.8) is 0 Å². The Balaban J connectivity index is 2.24. The number of piperidine rings is 1. The molecule has 2 heterocycles. The van der Waals surface area contributed by atoms with E-state index in [4.69, 9.17) is 5.73 Å². The summed E-state index contributed by atoms with van der Waals surface area (Å²) in [6.07, 6.45) is 3.43. The summed E-state index contributed by atoms with van der Waals surface area (Å²) in [5, 5.41) is 4.57. The summed E-state index contributed by atoms with van der Waals surface area (Å²) in [6, 6.07) is 0.574. The van der Waals surface area contributed by atoms with Crippen LogP contribution in [-0.4, -0.2) is 54.5 Å². The van der Waals surface area contributed by atoms with E-state index in [1.54, 1.807) is 0 Å². The zero-order chi connectivity index (χ0) is 14.0. The maximum atomic E-state index is 5.74. The minimum atomic E-state index is 0.574. The third kappa shape index (κ3) is 2.92. The molecule has 1 unspecified atom stereocenters. The molecule has 1 saturated heterocycles. The summed E-state index contributed by atoms with van der Waals surface area (Å²) in [5.41, 5.74) is 8.16. The first-order valence-corrected chi connectivity index (χ1v) is 7.18. The number of likely N-dealkylation sites (tertiary alicyclic amines) is 1. The largest absolute Gasteiger partial charge is 0.355 e. The monoisotopic (exact) mass is 265 g/mol. The van der Waals surface area contributed by atoms with Crippen LogP contribution in [0.25, 0.3) is 0 Å². The molecule has 19 heavy (non-hydrogen) atoms. The van der Waals surface area contributed by atoms with Crippen LogP contribution in [0.3, 0.4) is 0 Å². The van der Waals surface area contributed by atoms with Crippen molar-refractivity contribution in [2.75, 3.05) is 38.6 Å². The SMILES string of the molecule is Cc1nn(C)c(N(C)C2CCCN(C)C2)c1CCN. The minimum Gasteiger partial charge on any atom is -0.355 e. The molecule has 0 radical (unpaired) electrons. The first-order valence-electron chi connectivity index (χ1n) is 7.18. The van der Waals surface area contributed by atoms with Crippen LogP contribution in [0.1, 0.15) is 24.1 Å². The van der Waals surface area contributed by atoms with Crippen molar-refractivity contribution >= 4 is 5.82 Å². The molecule has 5 nitrogen and oxygen atoms in total. The van der Waals surface area contributed by atoms with Gasteiger partial charge in [-0.3, -0.25) is 4.68 Å². The van der Waals surface area contributed by atoms with Crippen molar-refractivity contribution in [1.29, 1.82) is 0 Å². The van der Waals surface area contributed by atoms with E-state index in [0.29, 0.717) is 12.6 Å². The maximum Gasteiger partial charge on any atom is 0.130 e. The lowest BCUT2D eigenvalue weighted by Gasteiger charge is -2.37. The Morgan fingerprint density at radius 3 is 2.79 bits per heavy atom. The van der Waals surface area contributed by atoms with Gasteiger partial charge < -0.3 is 15.5 Å². The second-order valence-corrected chi connectivity index (χ2v) is 5.72. The van der Waals surface area contributed by atoms with Gasteiger partial charge in [-0.2, -0.15) is 5.10 Å². The predicted octanol–water partition coefficient (Wildman–Crippen LogP) is 0.760. The highest BCUT2D eigenvalue weighted by Gasteiger charge is 2.25. The smallest absolute Gasteiger partial charge is 0.130 e. The molecule has 0 bridgehead atoms. The molecule has 1 aliphatic rings. The van der Waals surface area contributed by atoms with Gasteiger partial charge in [0.25, 0.3) is 0 Å². The average molecular weight is 265 g/mol. The fourth-order valence-corrected chi connectivity index (χ4v) is 3.20. The Labute approximate surface area is 116 Å². The fourth-order valence-electron chi connectivity index (χ4n) is 3.20. The number of anilines is 1. The summed E-state index contributed by atoms with van der Waals surface area (Å²) in [6.45, 7) is 5.10. The van der Waals surface area contributed by atoms with Gasteiger partial charge in [0.1, 0.15) is 5.82 Å². The fraction of sp³-hybridized carbons (Fsp3) is 0.786. The van der Waals surface area contributed by atoms with Crippen LogP contribution in [0.2, 0.25) is 0 Å². The number of aromatic nitrogens is 2. The second-order valence-electron chi connectivity index (χ2n) is 5.72. The molecular weight excluding hydrogens is 238 g/mol. The number of hydrogen-bond donors (Lipinski definition) is 1. The van der Waals surface area contributed by atoms with E-state index in [-0.39, 0.29) is 0 Å². The van der Waals surface area contributed by atoms with Crippen molar-refractivity contribution in [3.8, 4) is 0 Å². The van der Waals surface area contributed by atoms with Gasteiger partial charge in [-0.15, -0.1) is 0 Å². The Hall–Kier alpha value is -1.07. The van der Waals surface area contributed by atoms with Crippen LogP contribution in [-0.2, 0) is 13.5 Å². The molecule has 0 amide bonds. The number of aryl methyl sites for hydroxylation is 2. The quantitative estimate of drug-likeness (QED) is 0.873. The van der Waals surface area contributed by atoms with Crippen LogP contribution in [0.4, 0.5) is 5.82 Å². The van der Waals surface area contributed by atoms with Crippen LogP contribution in [0, 0.1) is 6.92 Å². The molecule has 1 aromatic rings. The van der Waals surface area contributed by atoms with Gasteiger partial charge in [0.05, 0.1) is 5.69 Å². The van der Waals surface area contributed by atoms with Gasteiger partial charge in [0.15, 0.2) is 0 Å². The third-order valence-electron chi connectivity index (χ3n) is 4.19. The van der Waals surface area contributed by atoms with Crippen molar-refractivity contribution < 1.29 is 0 Å². The molecule has 1 aromatic heterocycles. The molecule has 1 fully saturated rings. The molecule has 0 spiro atoms. The molecule has 1 aliphatic heterocycles. The van der Waals surface area contributed by atoms with Gasteiger partial charge in [0.2, 0.25) is 0 Å². The first-order chi connectivity index (χ1) is 9.04. The van der Waals surface area contributed by atoms with Crippen molar-refractivity contribution in [2.45, 2.75) is 32.2 Å². The van der Waals surface area contributed by atoms with E-state index >= 15 is 0 Å².